The number of anilines is 1. The van der Waals surface area contributed by atoms with Crippen molar-refractivity contribution in [2.45, 2.75) is 6.92 Å². The van der Waals surface area contributed by atoms with Crippen LogP contribution in [0.5, 0.6) is 0 Å². The van der Waals surface area contributed by atoms with Crippen molar-refractivity contribution in [1.29, 1.82) is 0 Å². The third kappa shape index (κ3) is 3.51. The maximum atomic E-state index is 12.8. The fraction of sp³-hybridized carbons (Fsp3) is 0.100. The smallest absolute Gasteiger partial charge is 0.341 e. The number of hydrogen-bond acceptors (Lipinski definition) is 7. The molecule has 4 rings (SSSR count). The van der Waals surface area contributed by atoms with Crippen LogP contribution in [-0.2, 0) is 4.74 Å². The Labute approximate surface area is 169 Å². The molecule has 6 nitrogen and oxygen atoms in total. The van der Waals surface area contributed by atoms with Crippen LogP contribution < -0.4 is 5.32 Å². The number of rotatable bonds is 5. The second-order valence-corrected chi connectivity index (χ2v) is 7.51. The summed E-state index contributed by atoms with van der Waals surface area (Å²) < 4.78 is 9.93. The van der Waals surface area contributed by atoms with Crippen LogP contribution in [0, 0.1) is 0 Å². The first kappa shape index (κ1) is 18.3. The summed E-state index contributed by atoms with van der Waals surface area (Å²) in [5.74, 6) is -0.762. The monoisotopic (exact) mass is 409 g/mol. The molecule has 2 aromatic carbocycles. The minimum absolute atomic E-state index is 0.255. The molecule has 0 saturated carbocycles. The molecule has 0 unspecified atom stereocenters. The normalized spacial score (nSPS) is 10.8. The number of carbonyl (C=O) groups is 2. The highest BCUT2D eigenvalue weighted by atomic mass is 32.1. The molecule has 8 heteroatoms. The molecular formula is C20H15N3O3S2. The summed E-state index contributed by atoms with van der Waals surface area (Å²) in [5.41, 5.74) is 3.21. The Kier molecular flexibility index (Phi) is 5.14. The number of esters is 1. The van der Waals surface area contributed by atoms with Gasteiger partial charge in [0.25, 0.3) is 5.91 Å². The van der Waals surface area contributed by atoms with Crippen LogP contribution in [-0.4, -0.2) is 28.1 Å². The number of nitrogens with one attached hydrogen (secondary N) is 1. The van der Waals surface area contributed by atoms with Gasteiger partial charge in [-0.25, -0.2) is 4.79 Å². The second kappa shape index (κ2) is 7.87. The number of carbonyl (C=O) groups excluding carboxylic acids is 2. The van der Waals surface area contributed by atoms with Crippen LogP contribution in [0.3, 0.4) is 0 Å². The number of benzene rings is 2. The summed E-state index contributed by atoms with van der Waals surface area (Å²) in [6.45, 7) is 2.01. The second-order valence-electron chi connectivity index (χ2n) is 5.85. The van der Waals surface area contributed by atoms with Crippen molar-refractivity contribution in [3.8, 4) is 11.1 Å². The molecule has 0 bridgehead atoms. The zero-order chi connectivity index (χ0) is 19.5. The number of nitrogens with zero attached hydrogens (tertiary/aromatic N) is 2. The first-order chi connectivity index (χ1) is 13.7. The molecule has 28 heavy (non-hydrogen) atoms. The summed E-state index contributed by atoms with van der Waals surface area (Å²) in [5, 5.41) is 9.15. The van der Waals surface area contributed by atoms with Gasteiger partial charge in [-0.3, -0.25) is 4.79 Å². The fourth-order valence-corrected chi connectivity index (χ4v) is 4.33. The number of aromatic nitrogens is 2. The van der Waals surface area contributed by atoms with Gasteiger partial charge in [-0.15, -0.1) is 16.4 Å². The highest BCUT2D eigenvalue weighted by Crippen LogP contribution is 2.36. The van der Waals surface area contributed by atoms with Crippen molar-refractivity contribution < 1.29 is 14.3 Å². The molecule has 0 fully saturated rings. The lowest BCUT2D eigenvalue weighted by Gasteiger charge is -2.09. The Bertz CT molecular complexity index is 1150. The highest BCUT2D eigenvalue weighted by molar-refractivity contribution is 7.15. The predicted molar refractivity (Wildman–Crippen MR) is 111 cm³/mol. The minimum Gasteiger partial charge on any atom is -0.462 e. The molecule has 0 saturated heterocycles. The van der Waals surface area contributed by atoms with Gasteiger partial charge in [0.05, 0.1) is 11.3 Å². The zero-order valence-corrected chi connectivity index (χ0v) is 16.5. The average molecular weight is 409 g/mol. The third-order valence-corrected chi connectivity index (χ3v) is 5.67. The van der Waals surface area contributed by atoms with E-state index in [1.165, 1.54) is 22.9 Å². The molecule has 2 aromatic heterocycles. The van der Waals surface area contributed by atoms with Crippen molar-refractivity contribution in [3.05, 3.63) is 65.0 Å². The van der Waals surface area contributed by atoms with Crippen LogP contribution in [0.1, 0.15) is 27.6 Å². The van der Waals surface area contributed by atoms with Gasteiger partial charge in [0.15, 0.2) is 0 Å². The number of ether oxygens (including phenoxy) is 1. The molecule has 1 amide bonds. The predicted octanol–water partition coefficient (Wildman–Crippen LogP) is 4.85. The Morgan fingerprint density at radius 1 is 1.14 bits per heavy atom. The van der Waals surface area contributed by atoms with E-state index in [4.69, 9.17) is 4.74 Å². The molecule has 0 radical (unpaired) electrons. The van der Waals surface area contributed by atoms with Crippen LogP contribution in [0.15, 0.2) is 53.9 Å². The molecule has 0 spiro atoms. The summed E-state index contributed by atoms with van der Waals surface area (Å²) in [6, 6.07) is 14.7. The molecule has 0 aliphatic heterocycles. The van der Waals surface area contributed by atoms with Gasteiger partial charge in [0.2, 0.25) is 0 Å². The van der Waals surface area contributed by atoms with E-state index in [-0.39, 0.29) is 12.5 Å². The lowest BCUT2D eigenvalue weighted by molar-refractivity contribution is 0.0529. The van der Waals surface area contributed by atoms with Crippen molar-refractivity contribution in [1.82, 2.24) is 9.59 Å². The number of amides is 1. The molecule has 140 valence electrons. The summed E-state index contributed by atoms with van der Waals surface area (Å²) in [6.07, 6.45) is 0. The maximum absolute atomic E-state index is 12.8. The van der Waals surface area contributed by atoms with Gasteiger partial charge in [-0.1, -0.05) is 34.8 Å². The van der Waals surface area contributed by atoms with Crippen molar-refractivity contribution in [2.75, 3.05) is 11.9 Å². The first-order valence-electron chi connectivity index (χ1n) is 8.55. The minimum atomic E-state index is -0.458. The number of fused-ring (bicyclic) bond motifs is 1. The largest absolute Gasteiger partial charge is 0.462 e. The van der Waals surface area contributed by atoms with Gasteiger partial charge in [-0.2, -0.15) is 0 Å². The number of hydrogen-bond donors (Lipinski definition) is 1. The summed E-state index contributed by atoms with van der Waals surface area (Å²) >= 11 is 2.53. The van der Waals surface area contributed by atoms with Gasteiger partial charge < -0.3 is 10.1 Å². The van der Waals surface area contributed by atoms with E-state index in [2.05, 4.69) is 14.9 Å². The average Bonchev–Trinajstić information content (AvgIpc) is 3.35. The summed E-state index contributed by atoms with van der Waals surface area (Å²) in [4.78, 5) is 25.4. The van der Waals surface area contributed by atoms with Gasteiger partial charge in [0.1, 0.15) is 16.1 Å². The van der Waals surface area contributed by atoms with E-state index in [1.807, 2.05) is 35.7 Å². The van der Waals surface area contributed by atoms with Crippen LogP contribution in [0.4, 0.5) is 5.00 Å². The topological polar surface area (TPSA) is 81.2 Å². The lowest BCUT2D eigenvalue weighted by atomic mass is 10.0. The van der Waals surface area contributed by atoms with Crippen molar-refractivity contribution >= 4 is 50.0 Å². The Hall–Kier alpha value is -3.10. The van der Waals surface area contributed by atoms with Crippen LogP contribution in [0.2, 0.25) is 0 Å². The van der Waals surface area contributed by atoms with E-state index in [9.17, 15) is 9.59 Å². The van der Waals surface area contributed by atoms with Crippen LogP contribution in [0.25, 0.3) is 21.3 Å². The van der Waals surface area contributed by atoms with E-state index < -0.39 is 5.97 Å². The van der Waals surface area contributed by atoms with Gasteiger partial charge in [0, 0.05) is 16.5 Å². The van der Waals surface area contributed by atoms with Crippen LogP contribution >= 0.6 is 22.9 Å². The zero-order valence-electron chi connectivity index (χ0n) is 14.8. The van der Waals surface area contributed by atoms with E-state index in [0.717, 1.165) is 21.3 Å². The van der Waals surface area contributed by atoms with Crippen molar-refractivity contribution in [2.24, 2.45) is 0 Å². The van der Waals surface area contributed by atoms with E-state index >= 15 is 0 Å². The lowest BCUT2D eigenvalue weighted by Crippen LogP contribution is -2.14. The van der Waals surface area contributed by atoms with E-state index in [1.54, 1.807) is 25.1 Å². The third-order valence-electron chi connectivity index (χ3n) is 4.09. The molecule has 4 aromatic rings. The molecule has 0 aliphatic carbocycles. The molecule has 0 atom stereocenters. The summed E-state index contributed by atoms with van der Waals surface area (Å²) in [7, 11) is 0. The fourth-order valence-electron chi connectivity index (χ4n) is 2.78. The van der Waals surface area contributed by atoms with Crippen molar-refractivity contribution in [3.63, 3.8) is 0 Å². The Balaban J connectivity index is 1.69. The standard InChI is InChI=1S/C20H15N3O3S2/c1-2-26-20(25)17-14(12-6-4-3-5-7-12)11-27-19(17)21-18(24)13-8-9-15-16(10-13)28-23-22-15/h3-11H,2H2,1H3,(H,21,24). The van der Waals surface area contributed by atoms with Gasteiger partial charge >= 0.3 is 5.97 Å². The Morgan fingerprint density at radius 2 is 1.96 bits per heavy atom. The maximum Gasteiger partial charge on any atom is 0.341 e. The Morgan fingerprint density at radius 3 is 2.75 bits per heavy atom. The number of thiophene rings is 1. The molecular weight excluding hydrogens is 394 g/mol. The highest BCUT2D eigenvalue weighted by Gasteiger charge is 2.23. The first-order valence-corrected chi connectivity index (χ1v) is 10.2. The quantitative estimate of drug-likeness (QED) is 0.477. The molecule has 1 N–H and O–H groups in total. The molecule has 0 aliphatic rings. The van der Waals surface area contributed by atoms with E-state index in [0.29, 0.717) is 16.1 Å². The molecule has 2 heterocycles. The van der Waals surface area contributed by atoms with Gasteiger partial charge in [-0.05, 0) is 42.2 Å². The SMILES string of the molecule is CCOC(=O)c1c(-c2ccccc2)csc1NC(=O)c1ccc2nnsc2c1.